The number of amides is 2. The van der Waals surface area contributed by atoms with Crippen molar-refractivity contribution >= 4 is 50.2 Å². The normalized spacial score (nSPS) is 29.5. The molecule has 3 fully saturated rings. The molecule has 9 heteroatoms. The van der Waals surface area contributed by atoms with E-state index < -0.39 is 35.6 Å². The average molecular weight is 585 g/mol. The predicted octanol–water partition coefficient (Wildman–Crippen LogP) is 3.44. The molecule has 5 rings (SSSR count). The number of aliphatic hydroxyl groups is 1. The molecule has 3 saturated heterocycles. The molecule has 38 heavy (non-hydrogen) atoms. The van der Waals surface area contributed by atoms with Gasteiger partial charge in [-0.05, 0) is 49.1 Å². The fourth-order valence-electron chi connectivity index (χ4n) is 6.50. The van der Waals surface area contributed by atoms with Gasteiger partial charge in [0.15, 0.2) is 0 Å². The van der Waals surface area contributed by atoms with Gasteiger partial charge in [-0.2, -0.15) is 0 Å². The van der Waals surface area contributed by atoms with E-state index >= 15 is 0 Å². The molecule has 2 aromatic rings. The number of anilines is 1. The third-order valence-corrected chi connectivity index (χ3v) is 8.86. The molecule has 2 bridgehead atoms. The van der Waals surface area contributed by atoms with E-state index in [1.54, 1.807) is 22.8 Å². The van der Waals surface area contributed by atoms with Gasteiger partial charge >= 0.3 is 5.97 Å². The molecule has 0 saturated carbocycles. The van der Waals surface area contributed by atoms with Crippen molar-refractivity contribution in [3.8, 4) is 0 Å². The number of alkyl halides is 1. The first-order chi connectivity index (χ1) is 18.4. The fraction of sp³-hybridized carbons (Fsp3) is 0.483. The van der Waals surface area contributed by atoms with Crippen LogP contribution in [0, 0.1) is 11.8 Å². The molecule has 1 N–H and O–H groups in total. The van der Waals surface area contributed by atoms with Gasteiger partial charge in [-0.1, -0.05) is 52.3 Å². The van der Waals surface area contributed by atoms with Crippen molar-refractivity contribution < 1.29 is 29.0 Å². The Morgan fingerprint density at radius 3 is 2.74 bits per heavy atom. The van der Waals surface area contributed by atoms with E-state index in [0.29, 0.717) is 24.9 Å². The summed E-state index contributed by atoms with van der Waals surface area (Å²) >= 11 is 3.67. The smallest absolute Gasteiger partial charge is 0.312 e. The second-order valence-corrected chi connectivity index (χ2v) is 11.3. The van der Waals surface area contributed by atoms with Crippen molar-refractivity contribution in [3.63, 3.8) is 0 Å². The number of esters is 1. The molecule has 6 atom stereocenters. The topological polar surface area (TPSA) is 96.4 Å². The highest BCUT2D eigenvalue weighted by Gasteiger charge is 2.77. The second kappa shape index (κ2) is 10.8. The van der Waals surface area contributed by atoms with Crippen LogP contribution in [0.4, 0.5) is 5.69 Å². The third-order valence-electron chi connectivity index (χ3n) is 8.01. The number of carbonyl (C=O) groups excluding carboxylic acids is 3. The molecule has 2 amide bonds. The summed E-state index contributed by atoms with van der Waals surface area (Å²) in [6.45, 7) is 6.31. The van der Waals surface area contributed by atoms with Crippen molar-refractivity contribution in [2.45, 2.75) is 48.8 Å². The van der Waals surface area contributed by atoms with E-state index in [1.165, 1.54) is 0 Å². The summed E-state index contributed by atoms with van der Waals surface area (Å²) < 4.78 is 11.9. The number of hydrogen-bond acceptors (Lipinski definition) is 6. The predicted molar refractivity (Wildman–Crippen MR) is 147 cm³/mol. The van der Waals surface area contributed by atoms with Crippen molar-refractivity contribution in [1.82, 2.24) is 4.90 Å². The van der Waals surface area contributed by atoms with Crippen LogP contribution in [-0.4, -0.2) is 76.7 Å². The molecular formula is C29H33BrN2O6. The molecule has 3 aliphatic heterocycles. The maximum atomic E-state index is 14.5. The molecule has 202 valence electrons. The summed E-state index contributed by atoms with van der Waals surface area (Å²) in [7, 11) is 0. The summed E-state index contributed by atoms with van der Waals surface area (Å²) in [6.07, 6.45) is 2.56. The van der Waals surface area contributed by atoms with E-state index in [0.717, 1.165) is 10.8 Å². The maximum absolute atomic E-state index is 14.5. The number of rotatable bonds is 10. The van der Waals surface area contributed by atoms with Gasteiger partial charge in [0.2, 0.25) is 5.91 Å². The first-order valence-corrected chi connectivity index (χ1v) is 14.1. The first kappa shape index (κ1) is 26.8. The number of nitrogens with zero attached hydrogens (tertiary/aromatic N) is 2. The summed E-state index contributed by atoms with van der Waals surface area (Å²) in [5.74, 6) is -2.59. The van der Waals surface area contributed by atoms with E-state index in [1.807, 2.05) is 42.5 Å². The first-order valence-electron chi connectivity index (χ1n) is 13.2. The van der Waals surface area contributed by atoms with Gasteiger partial charge in [0.25, 0.3) is 5.91 Å². The summed E-state index contributed by atoms with van der Waals surface area (Å²) in [4.78, 5) is 44.6. The third kappa shape index (κ3) is 4.25. The van der Waals surface area contributed by atoms with Crippen molar-refractivity contribution in [1.29, 1.82) is 0 Å². The monoisotopic (exact) mass is 584 g/mol. The summed E-state index contributed by atoms with van der Waals surface area (Å²) in [5, 5.41) is 11.4. The lowest BCUT2D eigenvalue weighted by atomic mass is 9.70. The Balaban J connectivity index is 1.57. The van der Waals surface area contributed by atoms with E-state index in [2.05, 4.69) is 22.5 Å². The number of carbonyl (C=O) groups is 3. The van der Waals surface area contributed by atoms with E-state index in [4.69, 9.17) is 9.47 Å². The van der Waals surface area contributed by atoms with Crippen LogP contribution < -0.4 is 4.90 Å². The van der Waals surface area contributed by atoms with Crippen LogP contribution in [0.5, 0.6) is 0 Å². The van der Waals surface area contributed by atoms with Crippen LogP contribution >= 0.6 is 15.9 Å². The molecular weight excluding hydrogens is 552 g/mol. The average Bonchev–Trinajstić information content (AvgIpc) is 3.50. The Morgan fingerprint density at radius 2 is 2.03 bits per heavy atom. The van der Waals surface area contributed by atoms with Gasteiger partial charge in [0, 0.05) is 30.2 Å². The number of aliphatic hydroxyl groups excluding tert-OH is 1. The molecule has 8 nitrogen and oxygen atoms in total. The molecule has 3 aliphatic rings. The number of hydrogen-bond donors (Lipinski definition) is 1. The lowest BCUT2D eigenvalue weighted by Gasteiger charge is -2.37. The molecule has 3 heterocycles. The van der Waals surface area contributed by atoms with Crippen molar-refractivity contribution in [2.24, 2.45) is 11.8 Å². The van der Waals surface area contributed by atoms with Crippen LogP contribution in [0.2, 0.25) is 0 Å². The number of fused-ring (bicyclic) bond motifs is 2. The highest BCUT2D eigenvalue weighted by molar-refractivity contribution is 9.09. The maximum Gasteiger partial charge on any atom is 0.312 e. The molecule has 0 radical (unpaired) electrons. The Morgan fingerprint density at radius 1 is 1.26 bits per heavy atom. The molecule has 0 aromatic heterocycles. The zero-order valence-corrected chi connectivity index (χ0v) is 23.0. The Kier molecular flexibility index (Phi) is 7.62. The molecule has 2 aromatic carbocycles. The minimum atomic E-state index is -1.15. The Labute approximate surface area is 230 Å². The highest BCUT2D eigenvalue weighted by Crippen LogP contribution is 2.60. The van der Waals surface area contributed by atoms with Crippen LogP contribution in [-0.2, 0) is 23.9 Å². The number of unbranched alkanes of at least 4 members (excludes halogenated alkanes) is 1. The lowest BCUT2D eigenvalue weighted by Crippen LogP contribution is -2.57. The molecule has 3 unspecified atom stereocenters. The van der Waals surface area contributed by atoms with Gasteiger partial charge in [-0.25, -0.2) is 0 Å². The number of likely N-dealkylation sites (tertiary alicyclic amines) is 1. The van der Waals surface area contributed by atoms with E-state index in [9.17, 15) is 19.5 Å². The zero-order valence-electron chi connectivity index (χ0n) is 21.4. The minimum Gasteiger partial charge on any atom is -0.466 e. The summed E-state index contributed by atoms with van der Waals surface area (Å²) in [5.41, 5.74) is -0.457. The fourth-order valence-corrected chi connectivity index (χ4v) is 7.44. The van der Waals surface area contributed by atoms with Crippen LogP contribution in [0.25, 0.3) is 10.8 Å². The number of benzene rings is 2. The minimum absolute atomic E-state index is 0.0115. The number of halogens is 1. The van der Waals surface area contributed by atoms with Crippen LogP contribution in [0.15, 0.2) is 55.1 Å². The largest absolute Gasteiger partial charge is 0.466 e. The SMILES string of the molecule is C=CCN(C(=O)C1N(CCCCO)C(=O)[C@@H]2[C@H](C(=O)OCC)[C@H]3OC12CC3Br)c1ccc2ccccc2c1. The summed E-state index contributed by atoms with van der Waals surface area (Å²) in [6, 6.07) is 12.8. The lowest BCUT2D eigenvalue weighted by molar-refractivity contribution is -0.154. The van der Waals surface area contributed by atoms with Crippen molar-refractivity contribution in [2.75, 3.05) is 31.2 Å². The van der Waals surface area contributed by atoms with Crippen LogP contribution in [0.3, 0.4) is 0 Å². The number of ether oxygens (including phenoxy) is 2. The standard InChI is InChI=1S/C29H33BrN2O6/c1-3-13-31(20-12-11-18-9-5-6-10-19(18)16-20)27(35)25-29-17-21(30)24(38-29)22(28(36)37-4-2)23(29)26(34)32(25)14-7-8-15-33/h3,5-6,9-12,16,21-25,33H,1,4,7-8,13-15,17H2,2H3/t21?,22-,23-,24-,25?,29?/m0/s1. The molecule has 0 aliphatic carbocycles. The van der Waals surface area contributed by atoms with Gasteiger partial charge in [0.1, 0.15) is 11.6 Å². The Hall–Kier alpha value is -2.75. The second-order valence-electron chi connectivity index (χ2n) is 10.1. The van der Waals surface area contributed by atoms with Gasteiger partial charge in [-0.3, -0.25) is 14.4 Å². The highest BCUT2D eigenvalue weighted by atomic mass is 79.9. The van der Waals surface area contributed by atoms with Crippen molar-refractivity contribution in [3.05, 3.63) is 55.1 Å². The Bertz CT molecular complexity index is 1250. The quantitative estimate of drug-likeness (QED) is 0.199. The van der Waals surface area contributed by atoms with Crippen LogP contribution in [0.1, 0.15) is 26.2 Å². The van der Waals surface area contributed by atoms with Gasteiger partial charge in [0.05, 0.1) is 24.5 Å². The molecule has 1 spiro atoms. The van der Waals surface area contributed by atoms with E-state index in [-0.39, 0.29) is 42.9 Å². The van der Waals surface area contributed by atoms with Gasteiger partial charge in [-0.15, -0.1) is 6.58 Å². The zero-order chi connectivity index (χ0) is 27.0. The van der Waals surface area contributed by atoms with Gasteiger partial charge < -0.3 is 24.4 Å².